The van der Waals surface area contributed by atoms with Crippen LogP contribution in [0.4, 0.5) is 0 Å². The number of sulfone groups is 1. The van der Waals surface area contributed by atoms with Crippen molar-refractivity contribution in [3.63, 3.8) is 0 Å². The van der Waals surface area contributed by atoms with Crippen LogP contribution in [0.2, 0.25) is 0 Å². The highest BCUT2D eigenvalue weighted by atomic mass is 127. The Labute approximate surface area is 175 Å². The predicted molar refractivity (Wildman–Crippen MR) is 120 cm³/mol. The number of nitrogens with one attached hydrogen (secondary N) is 2. The Bertz CT molecular complexity index is 704. The molecule has 6 nitrogen and oxygen atoms in total. The number of benzene rings is 1. The summed E-state index contributed by atoms with van der Waals surface area (Å²) in [5.74, 6) is 1.42. The average Bonchev–Trinajstić information content (AvgIpc) is 2.53. The SMILES string of the molecule is CCCOc1cc(C)ccc1CNC(=NC)NCC(C)(C)S(C)(=O)=O.I. The fraction of sp³-hybridized carbons (Fsp3) is 0.611. The van der Waals surface area contributed by atoms with Gasteiger partial charge in [-0.05, 0) is 38.8 Å². The van der Waals surface area contributed by atoms with E-state index in [1.54, 1.807) is 20.9 Å². The van der Waals surface area contributed by atoms with Crippen molar-refractivity contribution in [3.8, 4) is 5.75 Å². The van der Waals surface area contributed by atoms with Crippen molar-refractivity contribution in [2.45, 2.75) is 45.4 Å². The Balaban J connectivity index is 0.00000625. The highest BCUT2D eigenvalue weighted by Gasteiger charge is 2.30. The molecule has 0 heterocycles. The lowest BCUT2D eigenvalue weighted by atomic mass is 10.1. The van der Waals surface area contributed by atoms with Crippen LogP contribution < -0.4 is 15.4 Å². The summed E-state index contributed by atoms with van der Waals surface area (Å²) < 4.78 is 28.5. The summed E-state index contributed by atoms with van der Waals surface area (Å²) in [5.41, 5.74) is 2.18. The zero-order valence-electron chi connectivity index (χ0n) is 16.5. The van der Waals surface area contributed by atoms with E-state index >= 15 is 0 Å². The minimum absolute atomic E-state index is 0. The summed E-state index contributed by atoms with van der Waals surface area (Å²) in [6, 6.07) is 6.09. The van der Waals surface area contributed by atoms with Gasteiger partial charge in [0.1, 0.15) is 5.75 Å². The van der Waals surface area contributed by atoms with Crippen LogP contribution in [-0.4, -0.2) is 45.6 Å². The molecule has 0 fully saturated rings. The molecule has 150 valence electrons. The van der Waals surface area contributed by atoms with Gasteiger partial charge in [-0.2, -0.15) is 0 Å². The van der Waals surface area contributed by atoms with Gasteiger partial charge in [-0.1, -0.05) is 19.1 Å². The van der Waals surface area contributed by atoms with Gasteiger partial charge in [0, 0.05) is 32.0 Å². The molecule has 0 aliphatic heterocycles. The van der Waals surface area contributed by atoms with E-state index in [0.29, 0.717) is 19.1 Å². The van der Waals surface area contributed by atoms with Crippen LogP contribution in [0.25, 0.3) is 0 Å². The maximum Gasteiger partial charge on any atom is 0.191 e. The highest BCUT2D eigenvalue weighted by Crippen LogP contribution is 2.20. The topological polar surface area (TPSA) is 79.8 Å². The molecule has 0 spiro atoms. The van der Waals surface area contributed by atoms with E-state index in [1.807, 2.05) is 25.1 Å². The van der Waals surface area contributed by atoms with Gasteiger partial charge in [0.25, 0.3) is 0 Å². The normalized spacial score (nSPS) is 12.3. The molecule has 0 unspecified atom stereocenters. The maximum absolute atomic E-state index is 11.8. The van der Waals surface area contributed by atoms with E-state index in [4.69, 9.17) is 4.74 Å². The number of aryl methyl sites for hydroxylation is 1. The quantitative estimate of drug-likeness (QED) is 0.328. The molecule has 0 aliphatic carbocycles. The Morgan fingerprint density at radius 3 is 2.46 bits per heavy atom. The zero-order valence-corrected chi connectivity index (χ0v) is 19.7. The van der Waals surface area contributed by atoms with Crippen molar-refractivity contribution in [1.29, 1.82) is 0 Å². The monoisotopic (exact) mass is 497 g/mol. The van der Waals surface area contributed by atoms with Gasteiger partial charge in [0.2, 0.25) is 0 Å². The van der Waals surface area contributed by atoms with Crippen LogP contribution >= 0.6 is 24.0 Å². The molecule has 2 N–H and O–H groups in total. The lowest BCUT2D eigenvalue weighted by Gasteiger charge is -2.24. The molecule has 1 aromatic carbocycles. The van der Waals surface area contributed by atoms with E-state index in [2.05, 4.69) is 22.5 Å². The molecule has 0 aromatic heterocycles. The first-order valence-electron chi connectivity index (χ1n) is 8.47. The molecule has 0 atom stereocenters. The first-order chi connectivity index (χ1) is 11.6. The molecule has 1 rings (SSSR count). The molecular weight excluding hydrogens is 465 g/mol. The van der Waals surface area contributed by atoms with Crippen LogP contribution in [0.1, 0.15) is 38.3 Å². The summed E-state index contributed by atoms with van der Waals surface area (Å²) in [4.78, 5) is 4.16. The van der Waals surface area contributed by atoms with E-state index in [9.17, 15) is 8.42 Å². The third kappa shape index (κ3) is 7.69. The van der Waals surface area contributed by atoms with Crippen molar-refractivity contribution in [1.82, 2.24) is 10.6 Å². The Morgan fingerprint density at radius 2 is 1.92 bits per heavy atom. The number of ether oxygens (including phenoxy) is 1. The number of hydrogen-bond acceptors (Lipinski definition) is 4. The molecular formula is C18H32IN3O3S. The van der Waals surface area contributed by atoms with Crippen LogP contribution in [0, 0.1) is 6.92 Å². The summed E-state index contributed by atoms with van der Waals surface area (Å²) in [5, 5.41) is 6.29. The second kappa shape index (κ2) is 11.0. The second-order valence-corrected chi connectivity index (χ2v) is 9.42. The number of aliphatic imine (C=N–C) groups is 1. The molecule has 0 saturated heterocycles. The molecule has 0 radical (unpaired) electrons. The molecule has 8 heteroatoms. The van der Waals surface area contributed by atoms with Gasteiger partial charge >= 0.3 is 0 Å². The van der Waals surface area contributed by atoms with Gasteiger partial charge < -0.3 is 15.4 Å². The van der Waals surface area contributed by atoms with Crippen molar-refractivity contribution >= 4 is 39.8 Å². The van der Waals surface area contributed by atoms with Gasteiger partial charge in [0.15, 0.2) is 15.8 Å². The zero-order chi connectivity index (χ0) is 19.1. The van der Waals surface area contributed by atoms with Gasteiger partial charge in [0.05, 0.1) is 11.4 Å². The number of guanidine groups is 1. The fourth-order valence-electron chi connectivity index (χ4n) is 1.98. The Morgan fingerprint density at radius 1 is 1.27 bits per heavy atom. The lowest BCUT2D eigenvalue weighted by molar-refractivity contribution is 0.313. The van der Waals surface area contributed by atoms with Crippen molar-refractivity contribution in [2.24, 2.45) is 4.99 Å². The minimum Gasteiger partial charge on any atom is -0.493 e. The van der Waals surface area contributed by atoms with Crippen LogP contribution in [-0.2, 0) is 16.4 Å². The lowest BCUT2D eigenvalue weighted by Crippen LogP contribution is -2.47. The first-order valence-corrected chi connectivity index (χ1v) is 10.4. The molecule has 0 amide bonds. The Kier molecular flexibility index (Phi) is 10.5. The summed E-state index contributed by atoms with van der Waals surface area (Å²) in [6.45, 7) is 8.98. The molecule has 0 aliphatic rings. The van der Waals surface area contributed by atoms with Crippen LogP contribution in [0.15, 0.2) is 23.2 Å². The van der Waals surface area contributed by atoms with E-state index < -0.39 is 14.6 Å². The molecule has 26 heavy (non-hydrogen) atoms. The smallest absolute Gasteiger partial charge is 0.191 e. The molecule has 0 bridgehead atoms. The van der Waals surface area contributed by atoms with Crippen LogP contribution in [0.3, 0.4) is 0 Å². The van der Waals surface area contributed by atoms with E-state index in [0.717, 1.165) is 23.3 Å². The predicted octanol–water partition coefficient (Wildman–Crippen LogP) is 2.89. The number of rotatable bonds is 8. The fourth-order valence-corrected chi connectivity index (χ4v) is 2.32. The molecule has 1 aromatic rings. The minimum atomic E-state index is -3.16. The third-order valence-corrected chi connectivity index (χ3v) is 6.19. The Hall–Kier alpha value is -1.03. The van der Waals surface area contributed by atoms with Gasteiger partial charge in [-0.15, -0.1) is 24.0 Å². The van der Waals surface area contributed by atoms with Crippen LogP contribution in [0.5, 0.6) is 5.75 Å². The van der Waals surface area contributed by atoms with Gasteiger partial charge in [-0.3, -0.25) is 4.99 Å². The largest absolute Gasteiger partial charge is 0.493 e. The maximum atomic E-state index is 11.8. The third-order valence-electron chi connectivity index (χ3n) is 4.04. The second-order valence-electron chi connectivity index (χ2n) is 6.77. The summed E-state index contributed by atoms with van der Waals surface area (Å²) in [6.07, 6.45) is 2.19. The standard InChI is InChI=1S/C18H31N3O3S.HI/c1-7-10-24-16-11-14(2)8-9-15(16)12-20-17(19-5)21-13-18(3,4)25(6,22)23;/h8-9,11H,7,10,12-13H2,1-6H3,(H2,19,20,21);1H. The van der Waals surface area contributed by atoms with E-state index in [1.165, 1.54) is 6.26 Å². The highest BCUT2D eigenvalue weighted by molar-refractivity contribution is 14.0. The van der Waals surface area contributed by atoms with E-state index in [-0.39, 0.29) is 30.5 Å². The number of nitrogens with zero attached hydrogens (tertiary/aromatic N) is 1. The van der Waals surface area contributed by atoms with Gasteiger partial charge in [-0.25, -0.2) is 8.42 Å². The molecule has 0 saturated carbocycles. The number of hydrogen-bond donors (Lipinski definition) is 2. The van der Waals surface area contributed by atoms with Crippen molar-refractivity contribution < 1.29 is 13.2 Å². The summed E-state index contributed by atoms with van der Waals surface area (Å²) in [7, 11) is -1.50. The number of halogens is 1. The first kappa shape index (κ1) is 25.0. The van der Waals surface area contributed by atoms with Crippen molar-refractivity contribution in [2.75, 3.05) is 26.5 Å². The van der Waals surface area contributed by atoms with Crippen molar-refractivity contribution in [3.05, 3.63) is 29.3 Å². The summed E-state index contributed by atoms with van der Waals surface area (Å²) >= 11 is 0. The average molecular weight is 497 g/mol.